The van der Waals surface area contributed by atoms with Crippen molar-refractivity contribution in [1.82, 2.24) is 14.5 Å². The maximum Gasteiger partial charge on any atom is 0.330 e. The van der Waals surface area contributed by atoms with Crippen LogP contribution in [0.4, 0.5) is 5.69 Å². The molecule has 9 heteroatoms. The van der Waals surface area contributed by atoms with Gasteiger partial charge in [0, 0.05) is 12.3 Å². The maximum absolute atomic E-state index is 12.8. The summed E-state index contributed by atoms with van der Waals surface area (Å²) in [6.07, 6.45) is 1.68. The second kappa shape index (κ2) is 8.73. The fourth-order valence-electron chi connectivity index (χ4n) is 3.68. The van der Waals surface area contributed by atoms with E-state index in [0.29, 0.717) is 36.9 Å². The number of pyridine rings is 1. The molecule has 3 heterocycles. The normalized spacial score (nSPS) is 15.9. The zero-order valence-electron chi connectivity index (χ0n) is 17.4. The molecule has 2 aromatic heterocycles. The number of carbonyl (C=O) groups excluding carboxylic acids is 1. The minimum Gasteiger partial charge on any atom is -0.494 e. The molecule has 0 aliphatic carbocycles. The van der Waals surface area contributed by atoms with E-state index < -0.39 is 17.2 Å². The number of nitrogens with zero attached hydrogens (tertiary/aromatic N) is 2. The van der Waals surface area contributed by atoms with Gasteiger partial charge in [0.25, 0.3) is 11.5 Å². The highest BCUT2D eigenvalue weighted by Gasteiger charge is 2.21. The van der Waals surface area contributed by atoms with Crippen LogP contribution < -0.4 is 21.3 Å². The highest BCUT2D eigenvalue weighted by atomic mass is 16.5. The van der Waals surface area contributed by atoms with Crippen molar-refractivity contribution in [3.8, 4) is 5.75 Å². The van der Waals surface area contributed by atoms with Crippen LogP contribution in [0.5, 0.6) is 5.75 Å². The lowest BCUT2D eigenvalue weighted by Gasteiger charge is -2.15. The Morgan fingerprint density at radius 1 is 1.32 bits per heavy atom. The monoisotopic (exact) mass is 424 g/mol. The zero-order valence-corrected chi connectivity index (χ0v) is 17.4. The highest BCUT2D eigenvalue weighted by molar-refractivity contribution is 6.06. The van der Waals surface area contributed by atoms with E-state index in [0.717, 1.165) is 12.8 Å². The number of hydrogen-bond donors (Lipinski definition) is 2. The summed E-state index contributed by atoms with van der Waals surface area (Å²) in [6, 6.07) is 8.47. The number of rotatable bonds is 6. The molecule has 1 amide bonds. The third kappa shape index (κ3) is 4.36. The number of aromatic amines is 1. The third-order valence-electron chi connectivity index (χ3n) is 5.24. The quantitative estimate of drug-likeness (QED) is 0.627. The van der Waals surface area contributed by atoms with Gasteiger partial charge in [-0.15, -0.1) is 0 Å². The summed E-state index contributed by atoms with van der Waals surface area (Å²) in [5, 5.41) is 2.98. The van der Waals surface area contributed by atoms with Crippen LogP contribution >= 0.6 is 0 Å². The summed E-state index contributed by atoms with van der Waals surface area (Å²) in [6.45, 7) is 5.08. The summed E-state index contributed by atoms with van der Waals surface area (Å²) in [5.74, 6) is 0.312. The maximum atomic E-state index is 12.8. The first-order valence-electron chi connectivity index (χ1n) is 10.3. The fourth-order valence-corrected chi connectivity index (χ4v) is 3.68. The molecule has 1 aliphatic heterocycles. The van der Waals surface area contributed by atoms with Gasteiger partial charge in [-0.3, -0.25) is 19.1 Å². The standard InChI is InChI=1S/C22H24N4O5/c1-3-30-15-8-6-14(7-9-15)24-20(27)17-11-18-19(23-13(17)2)26(22(29)25-21(18)28)12-16-5-4-10-31-16/h6-9,11,16H,3-5,10,12H2,1-2H3,(H,24,27)(H,25,28,29). The second-order valence-corrected chi connectivity index (χ2v) is 7.41. The van der Waals surface area contributed by atoms with Crippen LogP contribution in [-0.2, 0) is 11.3 Å². The lowest BCUT2D eigenvalue weighted by atomic mass is 10.1. The molecule has 1 unspecified atom stereocenters. The summed E-state index contributed by atoms with van der Waals surface area (Å²) < 4.78 is 12.4. The van der Waals surface area contributed by atoms with Crippen molar-refractivity contribution in [3.05, 3.63) is 62.4 Å². The van der Waals surface area contributed by atoms with Crippen molar-refractivity contribution in [1.29, 1.82) is 0 Å². The molecule has 0 saturated carbocycles. The molecule has 3 aromatic rings. The smallest absolute Gasteiger partial charge is 0.330 e. The molecular weight excluding hydrogens is 400 g/mol. The van der Waals surface area contributed by atoms with Gasteiger partial charge in [0.2, 0.25) is 0 Å². The molecule has 1 fully saturated rings. The van der Waals surface area contributed by atoms with Crippen LogP contribution in [0.1, 0.15) is 35.8 Å². The Bertz CT molecular complexity index is 1220. The van der Waals surface area contributed by atoms with Gasteiger partial charge in [-0.05, 0) is 57.0 Å². The Labute approximate surface area is 178 Å². The molecule has 0 spiro atoms. The first-order chi connectivity index (χ1) is 15.0. The summed E-state index contributed by atoms with van der Waals surface area (Å²) >= 11 is 0. The molecule has 1 atom stereocenters. The number of fused-ring (bicyclic) bond motifs is 1. The van der Waals surface area contributed by atoms with E-state index in [2.05, 4.69) is 15.3 Å². The first-order valence-corrected chi connectivity index (χ1v) is 10.3. The third-order valence-corrected chi connectivity index (χ3v) is 5.24. The van der Waals surface area contributed by atoms with Gasteiger partial charge < -0.3 is 14.8 Å². The molecule has 2 N–H and O–H groups in total. The van der Waals surface area contributed by atoms with Crippen LogP contribution in [0.3, 0.4) is 0 Å². The average Bonchev–Trinajstić information content (AvgIpc) is 3.25. The van der Waals surface area contributed by atoms with E-state index in [9.17, 15) is 14.4 Å². The fraction of sp³-hybridized carbons (Fsp3) is 0.364. The number of hydrogen-bond acceptors (Lipinski definition) is 6. The molecule has 1 aliphatic rings. The Hall–Kier alpha value is -3.46. The van der Waals surface area contributed by atoms with Crippen molar-refractivity contribution in [2.75, 3.05) is 18.5 Å². The summed E-state index contributed by atoms with van der Waals surface area (Å²) in [4.78, 5) is 44.5. The second-order valence-electron chi connectivity index (χ2n) is 7.41. The molecule has 162 valence electrons. The minimum absolute atomic E-state index is 0.100. The van der Waals surface area contributed by atoms with Gasteiger partial charge in [0.15, 0.2) is 0 Å². The van der Waals surface area contributed by atoms with Gasteiger partial charge in [0.05, 0.1) is 35.9 Å². The van der Waals surface area contributed by atoms with Crippen LogP contribution in [-0.4, -0.2) is 39.8 Å². The van der Waals surface area contributed by atoms with E-state index in [4.69, 9.17) is 9.47 Å². The number of ether oxygens (including phenoxy) is 2. The average molecular weight is 424 g/mol. The Morgan fingerprint density at radius 3 is 2.77 bits per heavy atom. The van der Waals surface area contributed by atoms with Crippen LogP contribution in [0.2, 0.25) is 0 Å². The van der Waals surface area contributed by atoms with Gasteiger partial charge in [0.1, 0.15) is 11.4 Å². The van der Waals surface area contributed by atoms with Crippen molar-refractivity contribution in [2.45, 2.75) is 39.3 Å². The van der Waals surface area contributed by atoms with Crippen molar-refractivity contribution in [2.24, 2.45) is 0 Å². The number of nitrogens with one attached hydrogen (secondary N) is 2. The van der Waals surface area contributed by atoms with Crippen LogP contribution in [0, 0.1) is 6.92 Å². The molecule has 1 aromatic carbocycles. The van der Waals surface area contributed by atoms with E-state index in [-0.39, 0.29) is 22.7 Å². The molecule has 4 rings (SSSR count). The van der Waals surface area contributed by atoms with Crippen LogP contribution in [0.25, 0.3) is 11.0 Å². The Morgan fingerprint density at radius 2 is 2.10 bits per heavy atom. The minimum atomic E-state index is -0.578. The lowest BCUT2D eigenvalue weighted by molar-refractivity contribution is 0.0967. The molecule has 1 saturated heterocycles. The van der Waals surface area contributed by atoms with Crippen LogP contribution in [0.15, 0.2) is 39.9 Å². The van der Waals surface area contributed by atoms with Gasteiger partial charge in [-0.25, -0.2) is 9.78 Å². The molecule has 0 radical (unpaired) electrons. The zero-order chi connectivity index (χ0) is 22.0. The number of amides is 1. The van der Waals surface area contributed by atoms with Crippen molar-refractivity contribution in [3.63, 3.8) is 0 Å². The lowest BCUT2D eigenvalue weighted by Crippen LogP contribution is -2.34. The van der Waals surface area contributed by atoms with E-state index in [1.807, 2.05) is 6.92 Å². The SMILES string of the molecule is CCOc1ccc(NC(=O)c2cc3c(=O)[nH]c(=O)n(CC4CCCO4)c3nc2C)cc1. The van der Waals surface area contributed by atoms with Gasteiger partial charge >= 0.3 is 5.69 Å². The largest absolute Gasteiger partial charge is 0.494 e. The molecule has 31 heavy (non-hydrogen) atoms. The van der Waals surface area contributed by atoms with Gasteiger partial charge in [-0.1, -0.05) is 0 Å². The number of anilines is 1. The summed E-state index contributed by atoms with van der Waals surface area (Å²) in [7, 11) is 0. The first kappa shape index (κ1) is 20.8. The number of carbonyl (C=O) groups is 1. The molecule has 9 nitrogen and oxygen atoms in total. The summed E-state index contributed by atoms with van der Waals surface area (Å²) in [5.41, 5.74) is 0.401. The van der Waals surface area contributed by atoms with E-state index >= 15 is 0 Å². The predicted octanol–water partition coefficient (Wildman–Crippen LogP) is 2.22. The topological polar surface area (TPSA) is 115 Å². The van der Waals surface area contributed by atoms with Gasteiger partial charge in [-0.2, -0.15) is 0 Å². The van der Waals surface area contributed by atoms with Crippen molar-refractivity contribution >= 4 is 22.6 Å². The van der Waals surface area contributed by atoms with Crippen molar-refractivity contribution < 1.29 is 14.3 Å². The molecular formula is C22H24N4O5. The number of aromatic nitrogens is 3. The highest BCUT2D eigenvalue weighted by Crippen LogP contribution is 2.19. The van der Waals surface area contributed by atoms with E-state index in [1.165, 1.54) is 10.6 Å². The number of aryl methyl sites for hydroxylation is 1. The Kier molecular flexibility index (Phi) is 5.85. The molecule has 0 bridgehead atoms. The Balaban J connectivity index is 1.67. The van der Waals surface area contributed by atoms with E-state index in [1.54, 1.807) is 31.2 Å². The number of benzene rings is 1. The predicted molar refractivity (Wildman–Crippen MR) is 116 cm³/mol. The number of H-pyrrole nitrogens is 1.